The van der Waals surface area contributed by atoms with Gasteiger partial charge in [-0.1, -0.05) is 12.1 Å². The largest absolute Gasteiger partial charge is 0.384 e. The summed E-state index contributed by atoms with van der Waals surface area (Å²) in [6, 6.07) is 9.66. The molecule has 1 aromatic carbocycles. The van der Waals surface area contributed by atoms with Crippen LogP contribution in [0, 0.1) is 0 Å². The Morgan fingerprint density at radius 2 is 1.97 bits per heavy atom. The van der Waals surface area contributed by atoms with E-state index in [9.17, 15) is 14.4 Å². The molecule has 2 atom stereocenters. The van der Waals surface area contributed by atoms with Gasteiger partial charge < -0.3 is 20.9 Å². The fourth-order valence-electron chi connectivity index (χ4n) is 5.23. The van der Waals surface area contributed by atoms with Crippen molar-refractivity contribution in [3.05, 3.63) is 53.2 Å². The predicted molar refractivity (Wildman–Crippen MR) is 128 cm³/mol. The molecule has 9 nitrogen and oxygen atoms in total. The van der Waals surface area contributed by atoms with Crippen molar-refractivity contribution in [3.8, 4) is 0 Å². The second-order valence-electron chi connectivity index (χ2n) is 9.34. The number of ketones is 1. The number of benzene rings is 1. The van der Waals surface area contributed by atoms with Gasteiger partial charge in [0.15, 0.2) is 6.29 Å². The fourth-order valence-corrected chi connectivity index (χ4v) is 5.23. The first kappa shape index (κ1) is 22.5. The molecule has 4 heterocycles. The molecular weight excluding hydrogens is 432 g/mol. The molecule has 5 rings (SSSR count). The number of amides is 1. The van der Waals surface area contributed by atoms with Crippen LogP contribution in [0.5, 0.6) is 0 Å². The van der Waals surface area contributed by atoms with Gasteiger partial charge in [-0.05, 0) is 42.2 Å². The molecule has 2 aromatic rings. The van der Waals surface area contributed by atoms with E-state index < -0.39 is 11.8 Å². The summed E-state index contributed by atoms with van der Waals surface area (Å²) >= 11 is 0. The molecule has 1 amide bonds. The molecule has 2 fully saturated rings. The molecule has 0 radical (unpaired) electrons. The Hall–Kier alpha value is -3.30. The molecule has 1 aromatic heterocycles. The number of Topliss-reactive ketones (excluding diaryl/α,β-unsaturated/α-hetero) is 1. The Labute approximate surface area is 198 Å². The lowest BCUT2D eigenvalue weighted by atomic mass is 9.97. The maximum Gasteiger partial charge on any atom is 0.254 e. The van der Waals surface area contributed by atoms with Crippen LogP contribution < -0.4 is 16.0 Å². The molecule has 9 heteroatoms. The number of anilines is 2. The van der Waals surface area contributed by atoms with Crippen molar-refractivity contribution in [1.82, 2.24) is 20.1 Å². The third-order valence-electron chi connectivity index (χ3n) is 7.20. The first-order chi connectivity index (χ1) is 16.5. The van der Waals surface area contributed by atoms with E-state index in [-0.39, 0.29) is 11.9 Å². The van der Waals surface area contributed by atoms with Crippen molar-refractivity contribution in [3.63, 3.8) is 0 Å². The Bertz CT molecular complexity index is 1070. The number of hydrogen-bond acceptors (Lipinski definition) is 8. The lowest BCUT2D eigenvalue weighted by Crippen LogP contribution is -2.52. The number of piperidine rings is 1. The van der Waals surface area contributed by atoms with Crippen LogP contribution in [0.2, 0.25) is 0 Å². The number of piperazine rings is 1. The summed E-state index contributed by atoms with van der Waals surface area (Å²) in [5, 5.41) is 3.13. The quantitative estimate of drug-likeness (QED) is 0.480. The SMILES string of the molecule is Nc1ccc(N2CCN(Cc3ccc4c(c3)CN(C3CCC(C(=O)C=O)NC3)C4=O)CC2)cn1. The molecule has 3 aliphatic heterocycles. The number of hydrogen-bond donors (Lipinski definition) is 2. The summed E-state index contributed by atoms with van der Waals surface area (Å²) in [7, 11) is 0. The van der Waals surface area contributed by atoms with E-state index in [1.807, 2.05) is 29.3 Å². The van der Waals surface area contributed by atoms with E-state index in [2.05, 4.69) is 32.2 Å². The van der Waals surface area contributed by atoms with Gasteiger partial charge in [0.25, 0.3) is 5.91 Å². The Balaban J connectivity index is 1.16. The molecule has 0 bridgehead atoms. The summed E-state index contributed by atoms with van der Waals surface area (Å²) in [6.45, 7) is 5.77. The average Bonchev–Trinajstić information content (AvgIpc) is 3.20. The zero-order valence-electron chi connectivity index (χ0n) is 19.2. The first-order valence-corrected chi connectivity index (χ1v) is 11.9. The van der Waals surface area contributed by atoms with Gasteiger partial charge >= 0.3 is 0 Å². The number of carbonyl (C=O) groups is 3. The Kier molecular flexibility index (Phi) is 6.30. The van der Waals surface area contributed by atoms with Crippen LogP contribution in [0.25, 0.3) is 0 Å². The van der Waals surface area contributed by atoms with Crippen molar-refractivity contribution in [2.45, 2.75) is 38.0 Å². The van der Waals surface area contributed by atoms with Crippen LogP contribution in [-0.4, -0.2) is 77.6 Å². The monoisotopic (exact) mass is 462 g/mol. The first-order valence-electron chi connectivity index (χ1n) is 11.9. The molecule has 178 valence electrons. The zero-order valence-corrected chi connectivity index (χ0v) is 19.2. The van der Waals surface area contributed by atoms with Crippen molar-refractivity contribution in [2.75, 3.05) is 43.4 Å². The number of aromatic nitrogens is 1. The van der Waals surface area contributed by atoms with Gasteiger partial charge in [0.2, 0.25) is 5.78 Å². The van der Waals surface area contributed by atoms with Gasteiger partial charge in [-0.25, -0.2) is 4.98 Å². The molecule has 3 N–H and O–H groups in total. The second-order valence-corrected chi connectivity index (χ2v) is 9.34. The number of nitrogens with zero attached hydrogens (tertiary/aromatic N) is 4. The zero-order chi connectivity index (χ0) is 23.7. The minimum atomic E-state index is -0.419. The number of nitrogen functional groups attached to an aromatic ring is 1. The lowest BCUT2D eigenvalue weighted by Gasteiger charge is -2.36. The van der Waals surface area contributed by atoms with Crippen LogP contribution in [0.15, 0.2) is 36.5 Å². The van der Waals surface area contributed by atoms with Crippen LogP contribution in [0.3, 0.4) is 0 Å². The van der Waals surface area contributed by atoms with Crippen LogP contribution >= 0.6 is 0 Å². The summed E-state index contributed by atoms with van der Waals surface area (Å²) in [4.78, 5) is 46.2. The molecule has 0 aliphatic carbocycles. The van der Waals surface area contributed by atoms with Crippen LogP contribution in [-0.2, 0) is 22.7 Å². The smallest absolute Gasteiger partial charge is 0.254 e. The third-order valence-corrected chi connectivity index (χ3v) is 7.20. The van der Waals surface area contributed by atoms with Gasteiger partial charge in [0.1, 0.15) is 5.82 Å². The molecule has 2 saturated heterocycles. The molecule has 34 heavy (non-hydrogen) atoms. The fraction of sp³-hybridized carbons (Fsp3) is 0.440. The average molecular weight is 463 g/mol. The predicted octanol–water partition coefficient (Wildman–Crippen LogP) is 0.830. The maximum atomic E-state index is 13.0. The Morgan fingerprint density at radius 1 is 1.15 bits per heavy atom. The topological polar surface area (TPSA) is 112 Å². The molecule has 2 unspecified atom stereocenters. The van der Waals surface area contributed by atoms with Crippen molar-refractivity contribution < 1.29 is 14.4 Å². The maximum absolute atomic E-state index is 13.0. The Morgan fingerprint density at radius 3 is 2.65 bits per heavy atom. The van der Waals surface area contributed by atoms with Crippen LogP contribution in [0.1, 0.15) is 34.3 Å². The third kappa shape index (κ3) is 4.53. The van der Waals surface area contributed by atoms with E-state index in [0.717, 1.165) is 56.0 Å². The number of rotatable bonds is 6. The normalized spacial score (nSPS) is 23.1. The summed E-state index contributed by atoms with van der Waals surface area (Å²) < 4.78 is 0. The van der Waals surface area contributed by atoms with Gasteiger partial charge in [-0.3, -0.25) is 19.3 Å². The van der Waals surface area contributed by atoms with Crippen molar-refractivity contribution >= 4 is 29.5 Å². The number of carbonyl (C=O) groups excluding carboxylic acids is 3. The van der Waals surface area contributed by atoms with E-state index in [1.165, 1.54) is 5.56 Å². The highest BCUT2D eigenvalue weighted by molar-refractivity contribution is 6.27. The van der Waals surface area contributed by atoms with E-state index in [4.69, 9.17) is 5.73 Å². The molecule has 0 saturated carbocycles. The highest BCUT2D eigenvalue weighted by atomic mass is 16.2. The summed E-state index contributed by atoms with van der Waals surface area (Å²) in [5.74, 6) is 0.178. The lowest BCUT2D eigenvalue weighted by molar-refractivity contribution is -0.131. The highest BCUT2D eigenvalue weighted by Crippen LogP contribution is 2.29. The molecule has 3 aliphatic rings. The summed E-state index contributed by atoms with van der Waals surface area (Å²) in [6.07, 6.45) is 3.51. The standard InChI is InChI=1S/C25H30N6O3/c26-24-6-3-19(12-28-24)30-9-7-29(8-10-30)14-17-1-4-21-18(11-17)15-31(25(21)34)20-2-5-22(27-13-20)23(33)16-32/h1,3-4,6,11-12,16,20,22,27H,2,5,7-10,13-15H2,(H2,26,28). The van der Waals surface area contributed by atoms with Gasteiger partial charge in [0, 0.05) is 57.4 Å². The van der Waals surface area contributed by atoms with Crippen molar-refractivity contribution in [1.29, 1.82) is 0 Å². The minimum Gasteiger partial charge on any atom is -0.384 e. The number of aldehydes is 1. The molecular formula is C25H30N6O3. The highest BCUT2D eigenvalue weighted by Gasteiger charge is 2.36. The second kappa shape index (κ2) is 9.52. The van der Waals surface area contributed by atoms with Gasteiger partial charge in [-0.15, -0.1) is 0 Å². The van der Waals surface area contributed by atoms with Gasteiger partial charge in [0.05, 0.1) is 17.9 Å². The van der Waals surface area contributed by atoms with E-state index >= 15 is 0 Å². The van der Waals surface area contributed by atoms with Crippen LogP contribution in [0.4, 0.5) is 11.5 Å². The number of fused-ring (bicyclic) bond motifs is 1. The van der Waals surface area contributed by atoms with E-state index in [1.54, 1.807) is 0 Å². The minimum absolute atomic E-state index is 0.0370. The summed E-state index contributed by atoms with van der Waals surface area (Å²) in [5.41, 5.74) is 9.86. The molecule has 0 spiro atoms. The number of nitrogens with one attached hydrogen (secondary N) is 1. The van der Waals surface area contributed by atoms with Gasteiger partial charge in [-0.2, -0.15) is 0 Å². The van der Waals surface area contributed by atoms with E-state index in [0.29, 0.717) is 31.6 Å². The van der Waals surface area contributed by atoms with Crippen molar-refractivity contribution in [2.24, 2.45) is 0 Å². The number of nitrogens with two attached hydrogens (primary N) is 1. The number of pyridine rings is 1.